The molecule has 0 amide bonds. The van der Waals surface area contributed by atoms with Gasteiger partial charge in [-0.1, -0.05) is 6.07 Å². The van der Waals surface area contributed by atoms with Gasteiger partial charge >= 0.3 is 0 Å². The van der Waals surface area contributed by atoms with Crippen LogP contribution in [0.1, 0.15) is 10.4 Å². The number of nitriles is 1. The van der Waals surface area contributed by atoms with Gasteiger partial charge in [-0.15, -0.1) is 11.3 Å². The summed E-state index contributed by atoms with van der Waals surface area (Å²) in [7, 11) is 0. The number of anilines is 2. The van der Waals surface area contributed by atoms with Crippen LogP contribution in [0, 0.1) is 11.3 Å². The van der Waals surface area contributed by atoms with Crippen molar-refractivity contribution < 1.29 is 0 Å². The molecule has 86 valence electrons. The average molecular weight is 243 g/mol. The van der Waals surface area contributed by atoms with Gasteiger partial charge in [0.1, 0.15) is 6.07 Å². The van der Waals surface area contributed by atoms with Gasteiger partial charge in [-0.3, -0.25) is 0 Å². The minimum atomic E-state index is 0.520. The molecule has 0 aliphatic heterocycles. The van der Waals surface area contributed by atoms with Crippen LogP contribution in [0.4, 0.5) is 11.4 Å². The Balaban J connectivity index is 1.93. The van der Waals surface area contributed by atoms with Gasteiger partial charge < -0.3 is 11.1 Å². The highest BCUT2D eigenvalue weighted by atomic mass is 32.1. The number of nitrogens with one attached hydrogen (secondary N) is 1. The fourth-order valence-corrected chi connectivity index (χ4v) is 2.26. The minimum Gasteiger partial charge on any atom is -0.398 e. The molecule has 0 aliphatic carbocycles. The summed E-state index contributed by atoms with van der Waals surface area (Å²) in [4.78, 5) is 1.36. The van der Waals surface area contributed by atoms with Crippen LogP contribution in [0.5, 0.6) is 0 Å². The third-order valence-electron chi connectivity index (χ3n) is 2.45. The molecule has 0 unspecified atom stereocenters. The molecule has 0 aliphatic rings. The molecule has 1 aromatic heterocycles. The lowest BCUT2D eigenvalue weighted by atomic mass is 10.2. The monoisotopic (exact) mass is 243 g/mol. The van der Waals surface area contributed by atoms with E-state index in [9.17, 15) is 0 Å². The maximum atomic E-state index is 8.86. The van der Waals surface area contributed by atoms with E-state index in [0.717, 1.165) is 18.7 Å². The van der Waals surface area contributed by atoms with E-state index in [1.165, 1.54) is 4.88 Å². The van der Waals surface area contributed by atoms with Gasteiger partial charge in [-0.2, -0.15) is 5.26 Å². The number of nitrogens with two attached hydrogens (primary N) is 1. The molecule has 0 fully saturated rings. The first-order chi connectivity index (χ1) is 8.29. The Hall–Kier alpha value is -1.99. The van der Waals surface area contributed by atoms with Crippen molar-refractivity contribution in [2.24, 2.45) is 0 Å². The summed E-state index contributed by atoms with van der Waals surface area (Å²) < 4.78 is 0. The molecular formula is C13H13N3S. The Morgan fingerprint density at radius 1 is 1.35 bits per heavy atom. The summed E-state index contributed by atoms with van der Waals surface area (Å²) >= 11 is 1.76. The van der Waals surface area contributed by atoms with Gasteiger partial charge in [0, 0.05) is 22.8 Å². The van der Waals surface area contributed by atoms with Crippen molar-refractivity contribution in [1.82, 2.24) is 0 Å². The summed E-state index contributed by atoms with van der Waals surface area (Å²) in [5.74, 6) is 0. The number of thiophene rings is 1. The predicted molar refractivity (Wildman–Crippen MR) is 72.1 cm³/mol. The topological polar surface area (TPSA) is 61.8 Å². The molecule has 3 N–H and O–H groups in total. The molecular weight excluding hydrogens is 230 g/mol. The summed E-state index contributed by atoms with van der Waals surface area (Å²) in [6.45, 7) is 0.856. The molecule has 2 aromatic rings. The van der Waals surface area contributed by atoms with Crippen molar-refractivity contribution >= 4 is 22.7 Å². The Morgan fingerprint density at radius 3 is 2.94 bits per heavy atom. The first-order valence-electron chi connectivity index (χ1n) is 5.35. The second kappa shape index (κ2) is 5.37. The Labute approximate surface area is 105 Å². The number of nitrogen functional groups attached to an aromatic ring is 1. The van der Waals surface area contributed by atoms with Crippen molar-refractivity contribution in [3.8, 4) is 6.07 Å². The SMILES string of the molecule is N#Cc1cc(NCCc2cccs2)ccc1N. The van der Waals surface area contributed by atoms with E-state index in [4.69, 9.17) is 11.0 Å². The molecule has 17 heavy (non-hydrogen) atoms. The molecule has 0 spiro atoms. The first kappa shape index (κ1) is 11.5. The van der Waals surface area contributed by atoms with E-state index >= 15 is 0 Å². The van der Waals surface area contributed by atoms with Crippen molar-refractivity contribution in [1.29, 1.82) is 5.26 Å². The molecule has 2 rings (SSSR count). The summed E-state index contributed by atoms with van der Waals surface area (Å²) in [6, 6.07) is 11.7. The summed E-state index contributed by atoms with van der Waals surface area (Å²) in [5, 5.41) is 14.2. The van der Waals surface area contributed by atoms with Crippen LogP contribution in [0.25, 0.3) is 0 Å². The zero-order valence-corrected chi connectivity index (χ0v) is 10.1. The minimum absolute atomic E-state index is 0.520. The van der Waals surface area contributed by atoms with E-state index in [2.05, 4.69) is 28.9 Å². The van der Waals surface area contributed by atoms with E-state index in [1.807, 2.05) is 6.07 Å². The highest BCUT2D eigenvalue weighted by Gasteiger charge is 2.00. The molecule has 1 aromatic carbocycles. The van der Waals surface area contributed by atoms with Crippen molar-refractivity contribution in [2.45, 2.75) is 6.42 Å². The van der Waals surface area contributed by atoms with Crippen LogP contribution < -0.4 is 11.1 Å². The number of hydrogen-bond acceptors (Lipinski definition) is 4. The second-order valence-corrected chi connectivity index (χ2v) is 4.70. The molecule has 1 heterocycles. The summed E-state index contributed by atoms with van der Waals surface area (Å²) in [6.07, 6.45) is 0.990. The van der Waals surface area contributed by atoms with E-state index < -0.39 is 0 Å². The number of benzene rings is 1. The quantitative estimate of drug-likeness (QED) is 0.812. The van der Waals surface area contributed by atoms with Gasteiger partial charge in [0.2, 0.25) is 0 Å². The maximum absolute atomic E-state index is 8.86. The highest BCUT2D eigenvalue weighted by molar-refractivity contribution is 7.09. The van der Waals surface area contributed by atoms with Gasteiger partial charge in [-0.05, 0) is 36.1 Å². The average Bonchev–Trinajstić information content (AvgIpc) is 2.84. The van der Waals surface area contributed by atoms with Crippen LogP contribution in [-0.4, -0.2) is 6.54 Å². The lowest BCUT2D eigenvalue weighted by Gasteiger charge is -2.06. The molecule has 0 saturated heterocycles. The lowest BCUT2D eigenvalue weighted by molar-refractivity contribution is 1.04. The van der Waals surface area contributed by atoms with Crippen molar-refractivity contribution in [2.75, 3.05) is 17.6 Å². The molecule has 0 radical (unpaired) electrons. The zero-order chi connectivity index (χ0) is 12.1. The lowest BCUT2D eigenvalue weighted by Crippen LogP contribution is -2.04. The largest absolute Gasteiger partial charge is 0.398 e. The van der Waals surface area contributed by atoms with E-state index in [1.54, 1.807) is 23.5 Å². The third-order valence-corrected chi connectivity index (χ3v) is 3.39. The molecule has 4 heteroatoms. The Morgan fingerprint density at radius 2 is 2.24 bits per heavy atom. The number of hydrogen-bond donors (Lipinski definition) is 2. The van der Waals surface area contributed by atoms with Crippen LogP contribution in [0.2, 0.25) is 0 Å². The van der Waals surface area contributed by atoms with Crippen molar-refractivity contribution in [3.63, 3.8) is 0 Å². The third kappa shape index (κ3) is 2.99. The van der Waals surface area contributed by atoms with E-state index in [-0.39, 0.29) is 0 Å². The van der Waals surface area contributed by atoms with Gasteiger partial charge in [-0.25, -0.2) is 0 Å². The Kier molecular flexibility index (Phi) is 3.63. The van der Waals surface area contributed by atoms with Gasteiger partial charge in [0.15, 0.2) is 0 Å². The first-order valence-corrected chi connectivity index (χ1v) is 6.23. The summed E-state index contributed by atoms with van der Waals surface area (Å²) in [5.41, 5.74) is 7.64. The molecule has 0 atom stereocenters. The zero-order valence-electron chi connectivity index (χ0n) is 9.31. The van der Waals surface area contributed by atoms with Crippen LogP contribution in [-0.2, 0) is 6.42 Å². The maximum Gasteiger partial charge on any atom is 0.101 e. The molecule has 0 bridgehead atoms. The van der Waals surface area contributed by atoms with Crippen LogP contribution in [0.3, 0.4) is 0 Å². The standard InChI is InChI=1S/C13H13N3S/c14-9-10-8-11(3-4-13(10)15)16-6-5-12-2-1-7-17-12/h1-4,7-8,16H,5-6,15H2. The van der Waals surface area contributed by atoms with E-state index in [0.29, 0.717) is 11.3 Å². The Bertz CT molecular complexity index is 526. The van der Waals surface area contributed by atoms with Gasteiger partial charge in [0.05, 0.1) is 5.56 Å². The number of nitrogens with zero attached hydrogens (tertiary/aromatic N) is 1. The fraction of sp³-hybridized carbons (Fsp3) is 0.154. The second-order valence-electron chi connectivity index (χ2n) is 3.67. The van der Waals surface area contributed by atoms with Crippen LogP contribution in [0.15, 0.2) is 35.7 Å². The predicted octanol–water partition coefficient (Wildman–Crippen LogP) is 2.86. The number of rotatable bonds is 4. The fourth-order valence-electron chi connectivity index (χ4n) is 1.55. The van der Waals surface area contributed by atoms with Crippen molar-refractivity contribution in [3.05, 3.63) is 46.2 Å². The van der Waals surface area contributed by atoms with Crippen LogP contribution >= 0.6 is 11.3 Å². The highest BCUT2D eigenvalue weighted by Crippen LogP contribution is 2.17. The molecule has 0 saturated carbocycles. The normalized spacial score (nSPS) is 9.82. The van der Waals surface area contributed by atoms with Gasteiger partial charge in [0.25, 0.3) is 0 Å². The molecule has 3 nitrogen and oxygen atoms in total. The smallest absolute Gasteiger partial charge is 0.101 e.